The molecule has 0 aromatic heterocycles. The van der Waals surface area contributed by atoms with E-state index in [1.165, 1.54) is 30.3 Å². The number of nitro groups is 1. The summed E-state index contributed by atoms with van der Waals surface area (Å²) in [6.07, 6.45) is 0. The number of hydrogen-bond acceptors (Lipinski definition) is 5. The summed E-state index contributed by atoms with van der Waals surface area (Å²) in [5.41, 5.74) is -1.02. The molecule has 0 heterocycles. The SMILES string of the molecule is O=C(NS(=O)(=O)c1ccc(Cl)cc1)c1ccc(Cl)cc1[N+](=O)[O-]. The molecule has 1 amide bonds. The summed E-state index contributed by atoms with van der Waals surface area (Å²) in [4.78, 5) is 22.0. The Balaban J connectivity index is 2.35. The molecule has 0 aliphatic carbocycles. The van der Waals surface area contributed by atoms with Crippen molar-refractivity contribution in [2.24, 2.45) is 0 Å². The molecule has 2 aromatic carbocycles. The summed E-state index contributed by atoms with van der Waals surface area (Å²) >= 11 is 11.3. The number of carbonyl (C=O) groups excluding carboxylic acids is 1. The van der Waals surface area contributed by atoms with Crippen molar-refractivity contribution in [2.75, 3.05) is 0 Å². The lowest BCUT2D eigenvalue weighted by molar-refractivity contribution is -0.385. The quantitative estimate of drug-likeness (QED) is 0.653. The molecule has 0 aliphatic heterocycles. The van der Waals surface area contributed by atoms with Gasteiger partial charge in [-0.05, 0) is 36.4 Å². The Morgan fingerprint density at radius 3 is 2.17 bits per heavy atom. The molecular formula is C13H8Cl2N2O5S. The van der Waals surface area contributed by atoms with E-state index in [-0.39, 0.29) is 9.92 Å². The van der Waals surface area contributed by atoms with Crippen LogP contribution in [0.25, 0.3) is 0 Å². The van der Waals surface area contributed by atoms with Crippen molar-refractivity contribution in [3.8, 4) is 0 Å². The van der Waals surface area contributed by atoms with E-state index in [4.69, 9.17) is 23.2 Å². The Hall–Kier alpha value is -2.16. The van der Waals surface area contributed by atoms with Crippen LogP contribution < -0.4 is 4.72 Å². The van der Waals surface area contributed by atoms with E-state index in [0.717, 1.165) is 12.1 Å². The van der Waals surface area contributed by atoms with Gasteiger partial charge in [0.1, 0.15) is 5.56 Å². The van der Waals surface area contributed by atoms with Crippen molar-refractivity contribution in [1.29, 1.82) is 0 Å². The number of nitrogens with one attached hydrogen (secondary N) is 1. The largest absolute Gasteiger partial charge is 0.283 e. The predicted octanol–water partition coefficient (Wildman–Crippen LogP) is 3.02. The highest BCUT2D eigenvalue weighted by Gasteiger charge is 2.25. The van der Waals surface area contributed by atoms with E-state index in [1.54, 1.807) is 4.72 Å². The van der Waals surface area contributed by atoms with Crippen molar-refractivity contribution >= 4 is 44.8 Å². The molecule has 23 heavy (non-hydrogen) atoms. The van der Waals surface area contributed by atoms with E-state index < -0.39 is 32.1 Å². The Kier molecular flexibility index (Phi) is 4.88. The fraction of sp³-hybridized carbons (Fsp3) is 0. The molecular weight excluding hydrogens is 367 g/mol. The van der Waals surface area contributed by atoms with Gasteiger partial charge >= 0.3 is 0 Å². The highest BCUT2D eigenvalue weighted by atomic mass is 35.5. The number of nitrogens with zero attached hydrogens (tertiary/aromatic N) is 1. The van der Waals surface area contributed by atoms with E-state index in [1.807, 2.05) is 0 Å². The zero-order valence-electron chi connectivity index (χ0n) is 11.2. The molecule has 0 unspecified atom stereocenters. The lowest BCUT2D eigenvalue weighted by Crippen LogP contribution is -2.31. The average Bonchev–Trinajstić information content (AvgIpc) is 2.46. The van der Waals surface area contributed by atoms with Crippen LogP contribution in [0.15, 0.2) is 47.4 Å². The third kappa shape index (κ3) is 3.98. The lowest BCUT2D eigenvalue weighted by Gasteiger charge is -2.07. The molecule has 0 radical (unpaired) electrons. The Labute approximate surface area is 141 Å². The monoisotopic (exact) mass is 374 g/mol. The third-order valence-corrected chi connectivity index (χ3v) is 4.59. The molecule has 0 saturated heterocycles. The molecule has 0 spiro atoms. The van der Waals surface area contributed by atoms with Crippen LogP contribution in [0.1, 0.15) is 10.4 Å². The number of halogens is 2. The summed E-state index contributed by atoms with van der Waals surface area (Å²) in [6, 6.07) is 8.37. The molecule has 2 aromatic rings. The fourth-order valence-corrected chi connectivity index (χ4v) is 2.96. The molecule has 0 bridgehead atoms. The summed E-state index contributed by atoms with van der Waals surface area (Å²) in [6.45, 7) is 0. The van der Waals surface area contributed by atoms with Crippen LogP contribution in [0.3, 0.4) is 0 Å². The van der Waals surface area contributed by atoms with Crippen LogP contribution in [-0.4, -0.2) is 19.2 Å². The second-order valence-corrected chi connectivity index (χ2v) is 6.86. The number of rotatable bonds is 4. The normalized spacial score (nSPS) is 11.0. The van der Waals surface area contributed by atoms with Crippen LogP contribution in [0, 0.1) is 10.1 Å². The first-order valence-electron chi connectivity index (χ1n) is 5.97. The molecule has 2 rings (SSSR count). The van der Waals surface area contributed by atoms with Crippen molar-refractivity contribution in [3.05, 3.63) is 68.2 Å². The molecule has 0 atom stereocenters. The van der Waals surface area contributed by atoms with E-state index in [2.05, 4.69) is 0 Å². The standard InChI is InChI=1S/C13H8Cl2N2O5S/c14-8-1-4-10(5-2-8)23(21,22)16-13(18)11-6-3-9(15)7-12(11)17(19)20/h1-7H,(H,16,18). The van der Waals surface area contributed by atoms with Gasteiger partial charge in [0, 0.05) is 16.1 Å². The maximum atomic E-state index is 12.1. The van der Waals surface area contributed by atoms with Gasteiger partial charge < -0.3 is 0 Å². The van der Waals surface area contributed by atoms with E-state index in [0.29, 0.717) is 5.02 Å². The summed E-state index contributed by atoms with van der Waals surface area (Å²) in [5, 5.41) is 11.3. The van der Waals surface area contributed by atoms with Gasteiger partial charge in [0.25, 0.3) is 21.6 Å². The maximum Gasteiger partial charge on any atom is 0.283 e. The lowest BCUT2D eigenvalue weighted by atomic mass is 10.2. The zero-order valence-corrected chi connectivity index (χ0v) is 13.5. The van der Waals surface area contributed by atoms with Crippen molar-refractivity contribution in [2.45, 2.75) is 4.90 Å². The Morgan fingerprint density at radius 1 is 1.04 bits per heavy atom. The second-order valence-electron chi connectivity index (χ2n) is 4.31. The molecule has 0 aliphatic rings. The van der Waals surface area contributed by atoms with Gasteiger partial charge in [-0.25, -0.2) is 13.1 Å². The average molecular weight is 375 g/mol. The van der Waals surface area contributed by atoms with Gasteiger partial charge in [0.15, 0.2) is 0 Å². The van der Waals surface area contributed by atoms with Gasteiger partial charge in [-0.3, -0.25) is 14.9 Å². The van der Waals surface area contributed by atoms with E-state index >= 15 is 0 Å². The van der Waals surface area contributed by atoms with Crippen molar-refractivity contribution in [1.82, 2.24) is 4.72 Å². The van der Waals surface area contributed by atoms with Crippen LogP contribution >= 0.6 is 23.2 Å². The highest BCUT2D eigenvalue weighted by molar-refractivity contribution is 7.90. The van der Waals surface area contributed by atoms with Gasteiger partial charge in [-0.15, -0.1) is 0 Å². The zero-order chi connectivity index (χ0) is 17.2. The Bertz CT molecular complexity index is 882. The number of sulfonamides is 1. The van der Waals surface area contributed by atoms with Gasteiger partial charge in [-0.1, -0.05) is 23.2 Å². The molecule has 0 fully saturated rings. The van der Waals surface area contributed by atoms with E-state index in [9.17, 15) is 23.3 Å². The number of hydrogen-bond donors (Lipinski definition) is 1. The fourth-order valence-electron chi connectivity index (χ4n) is 1.70. The summed E-state index contributed by atoms with van der Waals surface area (Å²) in [5.74, 6) is -1.14. The summed E-state index contributed by atoms with van der Waals surface area (Å²) < 4.78 is 26.0. The van der Waals surface area contributed by atoms with Crippen molar-refractivity contribution < 1.29 is 18.1 Å². The number of nitro benzene ring substituents is 1. The molecule has 1 N–H and O–H groups in total. The molecule has 120 valence electrons. The number of amides is 1. The topological polar surface area (TPSA) is 106 Å². The smallest absolute Gasteiger partial charge is 0.268 e. The minimum atomic E-state index is -4.19. The second kappa shape index (κ2) is 6.53. The van der Waals surface area contributed by atoms with Gasteiger partial charge in [0.05, 0.1) is 9.82 Å². The third-order valence-electron chi connectivity index (χ3n) is 2.75. The van der Waals surface area contributed by atoms with Crippen LogP contribution in [-0.2, 0) is 10.0 Å². The molecule has 7 nitrogen and oxygen atoms in total. The first-order chi connectivity index (χ1) is 10.7. The van der Waals surface area contributed by atoms with Crippen LogP contribution in [0.4, 0.5) is 5.69 Å². The van der Waals surface area contributed by atoms with Crippen LogP contribution in [0.2, 0.25) is 10.0 Å². The highest BCUT2D eigenvalue weighted by Crippen LogP contribution is 2.23. The minimum Gasteiger partial charge on any atom is -0.268 e. The van der Waals surface area contributed by atoms with Crippen molar-refractivity contribution in [3.63, 3.8) is 0 Å². The number of benzene rings is 2. The molecule has 10 heteroatoms. The Morgan fingerprint density at radius 2 is 1.61 bits per heavy atom. The predicted molar refractivity (Wildman–Crippen MR) is 84.2 cm³/mol. The molecule has 0 saturated carbocycles. The summed E-state index contributed by atoms with van der Waals surface area (Å²) in [7, 11) is -4.19. The van der Waals surface area contributed by atoms with Gasteiger partial charge in [0.2, 0.25) is 0 Å². The first kappa shape index (κ1) is 17.2. The number of carbonyl (C=O) groups is 1. The minimum absolute atomic E-state index is 0.0498. The first-order valence-corrected chi connectivity index (χ1v) is 8.21. The van der Waals surface area contributed by atoms with Gasteiger partial charge in [-0.2, -0.15) is 0 Å². The van der Waals surface area contributed by atoms with Crippen LogP contribution in [0.5, 0.6) is 0 Å². The maximum absolute atomic E-state index is 12.1.